The third-order valence-corrected chi connectivity index (χ3v) is 2.97. The lowest BCUT2D eigenvalue weighted by atomic mass is 9.75. The van der Waals surface area contributed by atoms with E-state index in [1.807, 2.05) is 0 Å². The maximum Gasteiger partial charge on any atom is 0.0136 e. The Balaban J connectivity index is 2.02. The number of hydrogen-bond acceptors (Lipinski definition) is 1. The lowest BCUT2D eigenvalue weighted by molar-refractivity contribution is 0.289. The van der Waals surface area contributed by atoms with Gasteiger partial charge in [0.2, 0.25) is 0 Å². The fraction of sp³-hybridized carbons (Fsp3) is 0.500. The van der Waals surface area contributed by atoms with E-state index in [-0.39, 0.29) is 0 Å². The molecule has 0 saturated heterocycles. The van der Waals surface area contributed by atoms with E-state index in [9.17, 15) is 0 Å². The predicted molar refractivity (Wildman–Crippen MR) is 55.9 cm³/mol. The predicted octanol–water partition coefficient (Wildman–Crippen LogP) is 2.54. The Labute approximate surface area is 80.2 Å². The van der Waals surface area contributed by atoms with Crippen LogP contribution in [0.4, 0.5) is 0 Å². The number of hydrogen-bond donors (Lipinski definition) is 1. The van der Waals surface area contributed by atoms with Crippen molar-refractivity contribution < 1.29 is 0 Å². The van der Waals surface area contributed by atoms with Gasteiger partial charge in [0.25, 0.3) is 0 Å². The number of benzene rings is 1. The van der Waals surface area contributed by atoms with Crippen LogP contribution in [0.15, 0.2) is 30.3 Å². The molecule has 0 aliphatic heterocycles. The van der Waals surface area contributed by atoms with Crippen molar-refractivity contribution in [2.75, 3.05) is 6.54 Å². The molecule has 0 radical (unpaired) electrons. The average Bonchev–Trinajstić information content (AvgIpc) is 2.14. The van der Waals surface area contributed by atoms with Crippen LogP contribution in [0.25, 0.3) is 0 Å². The molecule has 1 aromatic carbocycles. The zero-order valence-corrected chi connectivity index (χ0v) is 8.16. The molecule has 0 bridgehead atoms. The number of nitrogens with one attached hydrogen (secondary N) is 1. The molecule has 1 aromatic rings. The molecule has 1 N–H and O–H groups in total. The summed E-state index contributed by atoms with van der Waals surface area (Å²) in [5.41, 5.74) is 1.50. The third kappa shape index (κ3) is 1.75. The highest BCUT2D eigenvalue weighted by Crippen LogP contribution is 2.36. The first kappa shape index (κ1) is 8.76. The second kappa shape index (κ2) is 3.93. The summed E-state index contributed by atoms with van der Waals surface area (Å²) in [7, 11) is 0. The highest BCUT2D eigenvalue weighted by molar-refractivity contribution is 5.23. The SMILES string of the molecule is CCN[C@@H]1CC[C@H]1c1ccccc1. The van der Waals surface area contributed by atoms with Crippen molar-refractivity contribution in [1.82, 2.24) is 5.32 Å². The normalized spacial score (nSPS) is 26.8. The first-order valence-corrected chi connectivity index (χ1v) is 5.20. The van der Waals surface area contributed by atoms with Gasteiger partial charge in [-0.15, -0.1) is 0 Å². The lowest BCUT2D eigenvalue weighted by Crippen LogP contribution is -2.42. The Morgan fingerprint density at radius 2 is 2.00 bits per heavy atom. The number of rotatable bonds is 3. The molecule has 0 amide bonds. The molecule has 1 fully saturated rings. The van der Waals surface area contributed by atoms with E-state index >= 15 is 0 Å². The van der Waals surface area contributed by atoms with Gasteiger partial charge in [-0.3, -0.25) is 0 Å². The van der Waals surface area contributed by atoms with Crippen molar-refractivity contribution in [3.05, 3.63) is 35.9 Å². The molecule has 1 nitrogen and oxygen atoms in total. The number of likely N-dealkylation sites (N-methyl/N-ethyl adjacent to an activating group) is 1. The Morgan fingerprint density at radius 3 is 2.54 bits per heavy atom. The van der Waals surface area contributed by atoms with E-state index < -0.39 is 0 Å². The van der Waals surface area contributed by atoms with Crippen LogP contribution >= 0.6 is 0 Å². The molecular weight excluding hydrogens is 158 g/mol. The first-order chi connectivity index (χ1) is 6.42. The van der Waals surface area contributed by atoms with Gasteiger partial charge in [-0.05, 0) is 30.9 Å². The van der Waals surface area contributed by atoms with Gasteiger partial charge in [-0.25, -0.2) is 0 Å². The Bertz CT molecular complexity index is 255. The molecule has 1 heteroatoms. The van der Waals surface area contributed by atoms with Gasteiger partial charge in [0.1, 0.15) is 0 Å². The van der Waals surface area contributed by atoms with Crippen LogP contribution in [0.1, 0.15) is 31.2 Å². The van der Waals surface area contributed by atoms with Crippen LogP contribution in [-0.4, -0.2) is 12.6 Å². The standard InChI is InChI=1S/C12H17N/c1-2-13-12-9-8-11(12)10-6-4-3-5-7-10/h3-7,11-13H,2,8-9H2,1H3/t11-,12+/m0/s1. The molecule has 1 saturated carbocycles. The van der Waals surface area contributed by atoms with E-state index in [2.05, 4.69) is 42.6 Å². The van der Waals surface area contributed by atoms with Crippen molar-refractivity contribution in [2.24, 2.45) is 0 Å². The van der Waals surface area contributed by atoms with Crippen molar-refractivity contribution >= 4 is 0 Å². The fourth-order valence-corrected chi connectivity index (χ4v) is 2.11. The van der Waals surface area contributed by atoms with Gasteiger partial charge in [0, 0.05) is 6.04 Å². The van der Waals surface area contributed by atoms with Gasteiger partial charge in [0.15, 0.2) is 0 Å². The molecule has 2 rings (SSSR count). The minimum Gasteiger partial charge on any atom is -0.314 e. The molecule has 1 aliphatic carbocycles. The summed E-state index contributed by atoms with van der Waals surface area (Å²) in [6.07, 6.45) is 2.69. The second-order valence-corrected chi connectivity index (χ2v) is 3.76. The minimum absolute atomic E-state index is 0.729. The molecule has 13 heavy (non-hydrogen) atoms. The summed E-state index contributed by atoms with van der Waals surface area (Å²) in [5, 5.41) is 3.53. The zero-order chi connectivity index (χ0) is 9.10. The molecule has 0 spiro atoms. The van der Waals surface area contributed by atoms with Crippen LogP contribution in [0.2, 0.25) is 0 Å². The summed E-state index contributed by atoms with van der Waals surface area (Å²) in [6.45, 7) is 3.27. The van der Waals surface area contributed by atoms with Crippen molar-refractivity contribution in [3.63, 3.8) is 0 Å². The molecule has 2 atom stereocenters. The minimum atomic E-state index is 0.729. The van der Waals surface area contributed by atoms with E-state index in [0.29, 0.717) is 0 Å². The topological polar surface area (TPSA) is 12.0 Å². The van der Waals surface area contributed by atoms with Crippen molar-refractivity contribution in [2.45, 2.75) is 31.7 Å². The Morgan fingerprint density at radius 1 is 1.23 bits per heavy atom. The summed E-state index contributed by atoms with van der Waals surface area (Å²) < 4.78 is 0. The first-order valence-electron chi connectivity index (χ1n) is 5.20. The molecule has 0 aromatic heterocycles. The second-order valence-electron chi connectivity index (χ2n) is 3.76. The smallest absolute Gasteiger partial charge is 0.0136 e. The quantitative estimate of drug-likeness (QED) is 0.744. The molecule has 0 unspecified atom stereocenters. The van der Waals surface area contributed by atoms with Gasteiger partial charge in [-0.2, -0.15) is 0 Å². The molecule has 70 valence electrons. The summed E-state index contributed by atoms with van der Waals surface area (Å²) in [6, 6.07) is 11.6. The monoisotopic (exact) mass is 175 g/mol. The summed E-state index contributed by atoms with van der Waals surface area (Å²) in [4.78, 5) is 0. The molecule has 0 heterocycles. The maximum absolute atomic E-state index is 3.53. The van der Waals surface area contributed by atoms with Crippen LogP contribution in [0.5, 0.6) is 0 Å². The van der Waals surface area contributed by atoms with Gasteiger partial charge in [-0.1, -0.05) is 37.3 Å². The highest BCUT2D eigenvalue weighted by Gasteiger charge is 2.30. The van der Waals surface area contributed by atoms with E-state index in [1.165, 1.54) is 18.4 Å². The van der Waals surface area contributed by atoms with Crippen LogP contribution in [-0.2, 0) is 0 Å². The van der Waals surface area contributed by atoms with Crippen LogP contribution < -0.4 is 5.32 Å². The van der Waals surface area contributed by atoms with Crippen molar-refractivity contribution in [3.8, 4) is 0 Å². The van der Waals surface area contributed by atoms with Gasteiger partial charge >= 0.3 is 0 Å². The van der Waals surface area contributed by atoms with Crippen LogP contribution in [0, 0.1) is 0 Å². The summed E-state index contributed by atoms with van der Waals surface area (Å²) >= 11 is 0. The highest BCUT2D eigenvalue weighted by atomic mass is 14.9. The summed E-state index contributed by atoms with van der Waals surface area (Å²) in [5.74, 6) is 0.765. The van der Waals surface area contributed by atoms with Gasteiger partial charge < -0.3 is 5.32 Å². The van der Waals surface area contributed by atoms with E-state index in [4.69, 9.17) is 0 Å². The Kier molecular flexibility index (Phi) is 2.65. The largest absolute Gasteiger partial charge is 0.314 e. The molecule has 1 aliphatic rings. The van der Waals surface area contributed by atoms with E-state index in [0.717, 1.165) is 18.5 Å². The van der Waals surface area contributed by atoms with Gasteiger partial charge in [0.05, 0.1) is 0 Å². The third-order valence-electron chi connectivity index (χ3n) is 2.97. The molecular formula is C12H17N. The van der Waals surface area contributed by atoms with Crippen LogP contribution in [0.3, 0.4) is 0 Å². The Hall–Kier alpha value is -0.820. The van der Waals surface area contributed by atoms with Crippen molar-refractivity contribution in [1.29, 1.82) is 0 Å². The zero-order valence-electron chi connectivity index (χ0n) is 8.16. The average molecular weight is 175 g/mol. The van der Waals surface area contributed by atoms with E-state index in [1.54, 1.807) is 0 Å². The fourth-order valence-electron chi connectivity index (χ4n) is 2.11. The lowest BCUT2D eigenvalue weighted by Gasteiger charge is -2.37. The maximum atomic E-state index is 3.53.